The highest BCUT2D eigenvalue weighted by Crippen LogP contribution is 2.29. The Hall–Kier alpha value is -3.02. The molecular formula is C22H23NO5. The largest absolute Gasteiger partial charge is 0.493 e. The maximum Gasteiger partial charge on any atom is 0.330 e. The smallest absolute Gasteiger partial charge is 0.330 e. The molecule has 0 bridgehead atoms. The van der Waals surface area contributed by atoms with Crippen LogP contribution in [0, 0.1) is 0 Å². The van der Waals surface area contributed by atoms with Crippen LogP contribution in [-0.4, -0.2) is 29.7 Å². The van der Waals surface area contributed by atoms with Crippen LogP contribution < -0.4 is 14.8 Å². The lowest BCUT2D eigenvalue weighted by atomic mass is 10.0. The van der Waals surface area contributed by atoms with Gasteiger partial charge in [0.15, 0.2) is 6.04 Å². The van der Waals surface area contributed by atoms with Crippen molar-refractivity contribution in [2.24, 2.45) is 0 Å². The maximum absolute atomic E-state index is 12.7. The van der Waals surface area contributed by atoms with Crippen molar-refractivity contribution in [2.45, 2.75) is 44.2 Å². The number of aliphatic carboxylic acids is 1. The summed E-state index contributed by atoms with van der Waals surface area (Å²) in [5.41, 5.74) is 1.87. The van der Waals surface area contributed by atoms with Crippen LogP contribution in [-0.2, 0) is 11.2 Å². The van der Waals surface area contributed by atoms with Gasteiger partial charge in [0, 0.05) is 12.0 Å². The van der Waals surface area contributed by atoms with Gasteiger partial charge in [-0.25, -0.2) is 4.79 Å². The van der Waals surface area contributed by atoms with E-state index in [4.69, 9.17) is 9.47 Å². The molecule has 28 heavy (non-hydrogen) atoms. The van der Waals surface area contributed by atoms with Gasteiger partial charge in [-0.2, -0.15) is 0 Å². The number of fused-ring (bicyclic) bond motifs is 1. The van der Waals surface area contributed by atoms with Crippen molar-refractivity contribution in [3.8, 4) is 11.5 Å². The number of carbonyl (C=O) groups is 2. The average Bonchev–Trinajstić information content (AvgIpc) is 3.37. The number of benzene rings is 2. The highest BCUT2D eigenvalue weighted by atomic mass is 16.5. The first-order valence-corrected chi connectivity index (χ1v) is 9.66. The Morgan fingerprint density at radius 2 is 1.96 bits per heavy atom. The minimum atomic E-state index is -1.13. The Morgan fingerprint density at radius 3 is 2.75 bits per heavy atom. The fraction of sp³-hybridized carbons (Fsp3) is 0.364. The Labute approximate surface area is 163 Å². The molecule has 2 aromatic carbocycles. The molecule has 1 atom stereocenters. The molecular weight excluding hydrogens is 358 g/mol. The first-order valence-electron chi connectivity index (χ1n) is 9.66. The molecule has 0 aromatic heterocycles. The molecule has 1 amide bonds. The number of carbonyl (C=O) groups excluding carboxylic acids is 1. The van der Waals surface area contributed by atoms with Crippen molar-refractivity contribution in [2.75, 3.05) is 6.61 Å². The Morgan fingerprint density at radius 1 is 1.14 bits per heavy atom. The topological polar surface area (TPSA) is 84.9 Å². The third-order valence-corrected chi connectivity index (χ3v) is 5.27. The zero-order chi connectivity index (χ0) is 19.5. The molecule has 1 unspecified atom stereocenters. The number of rotatable bonds is 6. The average molecular weight is 381 g/mol. The summed E-state index contributed by atoms with van der Waals surface area (Å²) in [5, 5.41) is 12.3. The van der Waals surface area contributed by atoms with E-state index < -0.39 is 17.9 Å². The van der Waals surface area contributed by atoms with Gasteiger partial charge < -0.3 is 19.9 Å². The highest BCUT2D eigenvalue weighted by molar-refractivity contribution is 5.97. The second-order valence-electron chi connectivity index (χ2n) is 7.26. The highest BCUT2D eigenvalue weighted by Gasteiger charge is 2.25. The summed E-state index contributed by atoms with van der Waals surface area (Å²) in [7, 11) is 0. The van der Waals surface area contributed by atoms with E-state index >= 15 is 0 Å². The van der Waals surface area contributed by atoms with E-state index in [1.54, 1.807) is 36.4 Å². The fourth-order valence-electron chi connectivity index (χ4n) is 3.80. The Balaban J connectivity index is 1.49. The van der Waals surface area contributed by atoms with Gasteiger partial charge in [-0.1, -0.05) is 12.1 Å². The second kappa shape index (κ2) is 7.92. The van der Waals surface area contributed by atoms with Crippen LogP contribution in [0.25, 0.3) is 0 Å². The van der Waals surface area contributed by atoms with Gasteiger partial charge in [-0.05, 0) is 67.1 Å². The molecule has 2 aliphatic rings. The van der Waals surface area contributed by atoms with Crippen LogP contribution in [0.15, 0.2) is 42.5 Å². The first kappa shape index (κ1) is 18.3. The molecule has 1 aliphatic carbocycles. The summed E-state index contributed by atoms with van der Waals surface area (Å²) in [5.74, 6) is -0.135. The van der Waals surface area contributed by atoms with Crippen molar-refractivity contribution < 1.29 is 24.2 Å². The third kappa shape index (κ3) is 3.96. The van der Waals surface area contributed by atoms with Crippen molar-refractivity contribution >= 4 is 11.9 Å². The van der Waals surface area contributed by atoms with Gasteiger partial charge >= 0.3 is 5.97 Å². The van der Waals surface area contributed by atoms with Crippen molar-refractivity contribution in [3.63, 3.8) is 0 Å². The van der Waals surface area contributed by atoms with Crippen LogP contribution in [0.5, 0.6) is 11.5 Å². The van der Waals surface area contributed by atoms with Crippen LogP contribution in [0.3, 0.4) is 0 Å². The predicted octanol–water partition coefficient (Wildman–Crippen LogP) is 3.50. The van der Waals surface area contributed by atoms with Crippen molar-refractivity contribution in [1.29, 1.82) is 0 Å². The Kier molecular flexibility index (Phi) is 5.19. The number of amides is 1. The maximum atomic E-state index is 12.7. The summed E-state index contributed by atoms with van der Waals surface area (Å²) in [4.78, 5) is 24.5. The van der Waals surface area contributed by atoms with Gasteiger partial charge in [0.2, 0.25) is 0 Å². The fourth-order valence-corrected chi connectivity index (χ4v) is 3.80. The third-order valence-electron chi connectivity index (χ3n) is 5.27. The lowest BCUT2D eigenvalue weighted by Crippen LogP contribution is -2.33. The number of carboxylic acid groups (broad SMARTS) is 1. The summed E-state index contributed by atoms with van der Waals surface area (Å²) in [6.07, 6.45) is 5.32. The van der Waals surface area contributed by atoms with E-state index in [-0.39, 0.29) is 6.10 Å². The molecule has 1 heterocycles. The van der Waals surface area contributed by atoms with Gasteiger partial charge in [-0.3, -0.25) is 4.79 Å². The molecule has 6 nitrogen and oxygen atoms in total. The number of nitrogens with one attached hydrogen (secondary N) is 1. The molecule has 1 saturated carbocycles. The number of hydrogen-bond donors (Lipinski definition) is 2. The van der Waals surface area contributed by atoms with Gasteiger partial charge in [-0.15, -0.1) is 0 Å². The van der Waals surface area contributed by atoms with E-state index in [0.717, 1.165) is 43.4 Å². The zero-order valence-electron chi connectivity index (χ0n) is 15.5. The summed E-state index contributed by atoms with van der Waals surface area (Å²) in [6.45, 7) is 0.594. The van der Waals surface area contributed by atoms with Crippen LogP contribution in [0.1, 0.15) is 53.2 Å². The summed E-state index contributed by atoms with van der Waals surface area (Å²) in [6, 6.07) is 11.0. The monoisotopic (exact) mass is 381 g/mol. The van der Waals surface area contributed by atoms with Crippen molar-refractivity contribution in [1.82, 2.24) is 5.32 Å². The predicted molar refractivity (Wildman–Crippen MR) is 103 cm³/mol. The quantitative estimate of drug-likeness (QED) is 0.800. The first-order chi connectivity index (χ1) is 13.6. The molecule has 2 aromatic rings. The Bertz CT molecular complexity index is 888. The van der Waals surface area contributed by atoms with E-state index in [1.165, 1.54) is 0 Å². The molecule has 2 N–H and O–H groups in total. The van der Waals surface area contributed by atoms with E-state index in [9.17, 15) is 14.7 Å². The SMILES string of the molecule is O=C(NC(C(=O)O)c1ccc2c(c1)CCO2)c1cccc(OC2CCCC2)c1. The van der Waals surface area contributed by atoms with E-state index in [1.807, 2.05) is 6.07 Å². The minimum Gasteiger partial charge on any atom is -0.493 e. The molecule has 0 spiro atoms. The van der Waals surface area contributed by atoms with Crippen LogP contribution in [0.2, 0.25) is 0 Å². The normalized spacial score (nSPS) is 16.9. The van der Waals surface area contributed by atoms with Crippen LogP contribution in [0.4, 0.5) is 0 Å². The number of hydrogen-bond acceptors (Lipinski definition) is 4. The summed E-state index contributed by atoms with van der Waals surface area (Å²) < 4.78 is 11.4. The molecule has 0 radical (unpaired) electrons. The summed E-state index contributed by atoms with van der Waals surface area (Å²) >= 11 is 0. The van der Waals surface area contributed by atoms with Gasteiger partial charge in [0.25, 0.3) is 5.91 Å². The molecule has 1 fully saturated rings. The van der Waals surface area contributed by atoms with Crippen molar-refractivity contribution in [3.05, 3.63) is 59.2 Å². The van der Waals surface area contributed by atoms with Crippen LogP contribution >= 0.6 is 0 Å². The van der Waals surface area contributed by atoms with E-state index in [0.29, 0.717) is 23.5 Å². The van der Waals surface area contributed by atoms with Gasteiger partial charge in [0.1, 0.15) is 11.5 Å². The second-order valence-corrected chi connectivity index (χ2v) is 7.26. The zero-order valence-corrected chi connectivity index (χ0v) is 15.5. The lowest BCUT2D eigenvalue weighted by Gasteiger charge is -2.17. The molecule has 6 heteroatoms. The minimum absolute atomic E-state index is 0.193. The standard InChI is InChI=1S/C22H23NO5/c24-21(16-4-3-7-18(13-16)28-17-5-1-2-6-17)23-20(22(25)26)15-8-9-19-14(12-15)10-11-27-19/h3-4,7-9,12-13,17,20H,1-2,5-6,10-11H2,(H,23,24)(H,25,26). The number of ether oxygens (including phenoxy) is 2. The molecule has 4 rings (SSSR count). The number of carboxylic acids is 1. The molecule has 146 valence electrons. The van der Waals surface area contributed by atoms with Gasteiger partial charge in [0.05, 0.1) is 12.7 Å². The molecule has 0 saturated heterocycles. The van der Waals surface area contributed by atoms with E-state index in [2.05, 4.69) is 5.32 Å². The lowest BCUT2D eigenvalue weighted by molar-refractivity contribution is -0.139. The molecule has 1 aliphatic heterocycles.